The van der Waals surface area contributed by atoms with E-state index in [0.717, 1.165) is 0 Å². The molecule has 0 unspecified atom stereocenters. The summed E-state index contributed by atoms with van der Waals surface area (Å²) in [5.41, 5.74) is 0. The zero-order chi connectivity index (χ0) is 12.0. The Morgan fingerprint density at radius 3 is 1.22 bits per heavy atom. The van der Waals surface area contributed by atoms with Gasteiger partial charge in [0.15, 0.2) is 0 Å². The summed E-state index contributed by atoms with van der Waals surface area (Å²) in [6, 6.07) is 4.84. The van der Waals surface area contributed by atoms with Crippen molar-refractivity contribution in [3.8, 4) is 0 Å². The summed E-state index contributed by atoms with van der Waals surface area (Å²) in [5.74, 6) is 0. The maximum Gasteiger partial charge on any atom is 1.00 e. The first-order valence-corrected chi connectivity index (χ1v) is 5.59. The van der Waals surface area contributed by atoms with Gasteiger partial charge in [0.25, 0.3) is 0 Å². The number of nitrogens with zero attached hydrogens (tertiary/aromatic N) is 4. The second-order valence-corrected chi connectivity index (χ2v) is 4.16. The van der Waals surface area contributed by atoms with E-state index in [-0.39, 0.29) is 58.8 Å². The van der Waals surface area contributed by atoms with Gasteiger partial charge in [-0.3, -0.25) is 9.36 Å². The van der Waals surface area contributed by atoms with Crippen LogP contribution in [-0.2, 0) is 0 Å². The van der Waals surface area contributed by atoms with Gasteiger partial charge in [0.2, 0.25) is 0 Å². The molecule has 0 radical (unpaired) electrons. The van der Waals surface area contributed by atoms with E-state index in [1.54, 1.807) is 12.4 Å². The van der Waals surface area contributed by atoms with Crippen molar-refractivity contribution >= 4 is 0 Å². The minimum Gasteiger partial charge on any atom is -0.358 e. The molecule has 2 heterocycles. The van der Waals surface area contributed by atoms with Crippen LogP contribution in [0.3, 0.4) is 0 Å². The van der Waals surface area contributed by atoms with Crippen LogP contribution in [-0.4, -0.2) is 19.6 Å². The maximum absolute atomic E-state index is 4.03. The molecule has 18 heavy (non-hydrogen) atoms. The Hall–Kier alpha value is 0.0564. The third-order valence-corrected chi connectivity index (χ3v) is 2.11. The Bertz CT molecular complexity index is 327. The van der Waals surface area contributed by atoms with Crippen molar-refractivity contribution in [1.29, 1.82) is 0 Å². The average Bonchev–Trinajstić information content (AvgIpc) is 2.93. The quantitative estimate of drug-likeness (QED) is 0.586. The van der Waals surface area contributed by atoms with Crippen molar-refractivity contribution < 1.29 is 51.4 Å². The third-order valence-electron chi connectivity index (χ3n) is 2.11. The monoisotopic (exact) mass is 274 g/mol. The van der Waals surface area contributed by atoms with Gasteiger partial charge in [0.05, 0.1) is 0 Å². The average molecular weight is 274 g/mol. The summed E-state index contributed by atoms with van der Waals surface area (Å²) in [4.78, 5) is 0. The zero-order valence-corrected chi connectivity index (χ0v) is 15.5. The molecule has 0 saturated heterocycles. The molecule has 96 valence electrons. The minimum atomic E-state index is 0. The van der Waals surface area contributed by atoms with Gasteiger partial charge >= 0.3 is 51.4 Å². The predicted octanol–water partition coefficient (Wildman–Crippen LogP) is 0.382. The van der Waals surface area contributed by atoms with Crippen LogP contribution in [0.15, 0.2) is 36.9 Å². The van der Waals surface area contributed by atoms with E-state index in [9.17, 15) is 0 Å². The molecule has 0 fully saturated rings. The Labute approximate surface area is 153 Å². The normalized spacial score (nSPS) is 9.22. The van der Waals surface area contributed by atoms with Crippen molar-refractivity contribution in [3.63, 3.8) is 0 Å². The first-order chi connectivity index (χ1) is 7.61. The summed E-state index contributed by atoms with van der Waals surface area (Å²) in [6.07, 6.45) is 7.51. The van der Waals surface area contributed by atoms with E-state index in [4.69, 9.17) is 0 Å². The summed E-state index contributed by atoms with van der Waals surface area (Å²) in [5, 5.41) is 8.06. The van der Waals surface area contributed by atoms with E-state index in [1.165, 1.54) is 0 Å². The first-order valence-electron chi connectivity index (χ1n) is 5.59. The second-order valence-electron chi connectivity index (χ2n) is 4.16. The molecule has 0 amide bonds. The molecule has 0 aliphatic rings. The van der Waals surface area contributed by atoms with Gasteiger partial charge < -0.3 is 7.43 Å². The molecule has 2 aromatic rings. The SMILES string of the molecule is CC(C)n1cccn1.CC(C)n1cccn1.[CH3-].[K+]. The Morgan fingerprint density at radius 2 is 1.11 bits per heavy atom. The fourth-order valence-corrected chi connectivity index (χ4v) is 1.17. The molecular weight excluding hydrogens is 251 g/mol. The largest absolute Gasteiger partial charge is 1.00 e. The minimum absolute atomic E-state index is 0. The van der Waals surface area contributed by atoms with Crippen LogP contribution in [0.25, 0.3) is 0 Å². The zero-order valence-electron chi connectivity index (χ0n) is 12.4. The van der Waals surface area contributed by atoms with Gasteiger partial charge in [0.1, 0.15) is 0 Å². The predicted molar refractivity (Wildman–Crippen MR) is 71.6 cm³/mol. The van der Waals surface area contributed by atoms with E-state index < -0.39 is 0 Å². The Morgan fingerprint density at radius 1 is 0.778 bits per heavy atom. The number of hydrogen-bond acceptors (Lipinski definition) is 2. The van der Waals surface area contributed by atoms with Gasteiger partial charge in [-0.05, 0) is 39.8 Å². The van der Waals surface area contributed by atoms with Crippen molar-refractivity contribution in [2.45, 2.75) is 39.8 Å². The fraction of sp³-hybridized carbons (Fsp3) is 0.462. The summed E-state index contributed by atoms with van der Waals surface area (Å²) < 4.78 is 3.83. The van der Waals surface area contributed by atoms with Gasteiger partial charge in [-0.25, -0.2) is 0 Å². The van der Waals surface area contributed by atoms with Crippen LogP contribution in [0.2, 0.25) is 0 Å². The van der Waals surface area contributed by atoms with Crippen molar-refractivity contribution in [3.05, 3.63) is 44.3 Å². The van der Waals surface area contributed by atoms with Crippen LogP contribution in [0.1, 0.15) is 39.8 Å². The van der Waals surface area contributed by atoms with Crippen LogP contribution < -0.4 is 51.4 Å². The van der Waals surface area contributed by atoms with Crippen LogP contribution in [0, 0.1) is 7.43 Å². The summed E-state index contributed by atoms with van der Waals surface area (Å²) in [6.45, 7) is 8.42. The molecule has 5 heteroatoms. The molecular formula is C13H23KN4. The van der Waals surface area contributed by atoms with Gasteiger partial charge in [-0.1, -0.05) is 0 Å². The van der Waals surface area contributed by atoms with Crippen molar-refractivity contribution in [2.24, 2.45) is 0 Å². The second kappa shape index (κ2) is 10.9. The van der Waals surface area contributed by atoms with E-state index >= 15 is 0 Å². The number of hydrogen-bond donors (Lipinski definition) is 0. The molecule has 0 spiro atoms. The maximum atomic E-state index is 4.03. The molecule has 0 aromatic carbocycles. The first kappa shape index (κ1) is 20.4. The molecule has 2 aromatic heterocycles. The molecule has 0 aliphatic heterocycles. The van der Waals surface area contributed by atoms with Crippen LogP contribution in [0.5, 0.6) is 0 Å². The molecule has 2 rings (SSSR count). The van der Waals surface area contributed by atoms with E-state index in [1.807, 2.05) is 33.9 Å². The van der Waals surface area contributed by atoms with E-state index in [0.29, 0.717) is 12.1 Å². The topological polar surface area (TPSA) is 35.6 Å². The van der Waals surface area contributed by atoms with Crippen molar-refractivity contribution in [2.75, 3.05) is 0 Å². The molecule has 0 bridgehead atoms. The standard InChI is InChI=1S/2C6H10N2.CH3.K/c2*1-6(2)8-5-3-4-7-8;;/h2*3-6H,1-2H3;1H3;/q;;-1;+1. The van der Waals surface area contributed by atoms with Crippen LogP contribution >= 0.6 is 0 Å². The molecule has 4 nitrogen and oxygen atoms in total. The fourth-order valence-electron chi connectivity index (χ4n) is 1.17. The van der Waals surface area contributed by atoms with Crippen LogP contribution in [0.4, 0.5) is 0 Å². The Balaban J connectivity index is 0. The van der Waals surface area contributed by atoms with Gasteiger partial charge in [0, 0.05) is 36.9 Å². The smallest absolute Gasteiger partial charge is 0.358 e. The summed E-state index contributed by atoms with van der Waals surface area (Å²) >= 11 is 0. The molecule has 0 aliphatic carbocycles. The summed E-state index contributed by atoms with van der Waals surface area (Å²) in [7, 11) is 0. The number of aromatic nitrogens is 4. The molecule has 0 atom stereocenters. The molecule has 0 N–H and O–H groups in total. The van der Waals surface area contributed by atoms with Gasteiger partial charge in [-0.2, -0.15) is 10.2 Å². The van der Waals surface area contributed by atoms with Crippen molar-refractivity contribution in [1.82, 2.24) is 19.6 Å². The molecule has 0 saturated carbocycles. The Kier molecular flexibility index (Phi) is 12.4. The third kappa shape index (κ3) is 7.48. The van der Waals surface area contributed by atoms with Gasteiger partial charge in [-0.15, -0.1) is 0 Å². The van der Waals surface area contributed by atoms with E-state index in [2.05, 4.69) is 37.9 Å². The number of rotatable bonds is 2.